The van der Waals surface area contributed by atoms with E-state index < -0.39 is 0 Å². The van der Waals surface area contributed by atoms with Crippen molar-refractivity contribution in [2.75, 3.05) is 0 Å². The maximum absolute atomic E-state index is 4.90. The molecule has 0 amide bonds. The van der Waals surface area contributed by atoms with Crippen molar-refractivity contribution in [1.82, 2.24) is 9.13 Å². The summed E-state index contributed by atoms with van der Waals surface area (Å²) in [5.74, 6) is 0. The fourth-order valence-corrected chi connectivity index (χ4v) is 7.42. The quantitative estimate of drug-likeness (QED) is 0.166. The number of hydrogen-bond acceptors (Lipinski definition) is 1. The van der Waals surface area contributed by atoms with E-state index in [1.807, 2.05) is 0 Å². The molecule has 0 radical (unpaired) electrons. The molecular weight excluding hydrogens is 583 g/mol. The summed E-state index contributed by atoms with van der Waals surface area (Å²) < 4.78 is 4.86. The van der Waals surface area contributed by atoms with E-state index in [4.69, 9.17) is 4.99 Å². The Labute approximate surface area is 280 Å². The summed E-state index contributed by atoms with van der Waals surface area (Å²) in [6.45, 7) is 2.89. The minimum Gasteiger partial charge on any atom is -0.309 e. The van der Waals surface area contributed by atoms with Gasteiger partial charge in [0.1, 0.15) is 0 Å². The third kappa shape index (κ3) is 4.78. The Morgan fingerprint density at radius 2 is 1.25 bits per heavy atom. The molecule has 230 valence electrons. The Bertz CT molecular complexity index is 2560. The highest BCUT2D eigenvalue weighted by Gasteiger charge is 2.20. The van der Waals surface area contributed by atoms with Gasteiger partial charge in [-0.1, -0.05) is 122 Å². The molecule has 1 unspecified atom stereocenters. The van der Waals surface area contributed by atoms with Crippen molar-refractivity contribution in [3.05, 3.63) is 169 Å². The van der Waals surface area contributed by atoms with Crippen molar-refractivity contribution in [3.8, 4) is 22.5 Å². The molecule has 9 rings (SSSR count). The van der Waals surface area contributed by atoms with E-state index in [9.17, 15) is 0 Å². The van der Waals surface area contributed by atoms with Crippen LogP contribution in [-0.4, -0.2) is 15.3 Å². The minimum absolute atomic E-state index is 0.0242. The Balaban J connectivity index is 1.25. The van der Waals surface area contributed by atoms with Crippen LogP contribution in [0.25, 0.3) is 66.1 Å². The molecule has 0 saturated carbocycles. The molecule has 3 nitrogen and oxygen atoms in total. The van der Waals surface area contributed by atoms with Crippen molar-refractivity contribution < 1.29 is 0 Å². The predicted molar refractivity (Wildman–Crippen MR) is 204 cm³/mol. The van der Waals surface area contributed by atoms with Crippen LogP contribution in [0.1, 0.15) is 18.9 Å². The van der Waals surface area contributed by atoms with Gasteiger partial charge in [-0.05, 0) is 71.6 Å². The van der Waals surface area contributed by atoms with Crippen molar-refractivity contribution in [1.29, 1.82) is 0 Å². The maximum atomic E-state index is 4.90. The van der Waals surface area contributed by atoms with Gasteiger partial charge in [0, 0.05) is 44.5 Å². The summed E-state index contributed by atoms with van der Waals surface area (Å²) >= 11 is 0. The lowest BCUT2D eigenvalue weighted by molar-refractivity contribution is 0.613. The normalized spacial score (nSPS) is 16.3. The molecule has 0 bridgehead atoms. The van der Waals surface area contributed by atoms with Crippen molar-refractivity contribution in [2.24, 2.45) is 10.4 Å². The molecule has 2 aromatic heterocycles. The number of nitrogens with zero attached hydrogens (tertiary/aromatic N) is 3. The molecule has 1 aliphatic rings. The fourth-order valence-electron chi connectivity index (χ4n) is 7.42. The molecule has 48 heavy (non-hydrogen) atoms. The zero-order valence-electron chi connectivity index (χ0n) is 26.9. The molecule has 0 saturated heterocycles. The first-order valence-electron chi connectivity index (χ1n) is 16.7. The summed E-state index contributed by atoms with van der Waals surface area (Å²) in [6, 6.07) is 50.8. The second kappa shape index (κ2) is 11.4. The van der Waals surface area contributed by atoms with Crippen LogP contribution in [0.15, 0.2) is 169 Å². The number of hydrogen-bond donors (Lipinski definition) is 0. The number of aromatic nitrogens is 2. The average molecular weight is 618 g/mol. The second-order valence-electron chi connectivity index (χ2n) is 13.1. The summed E-state index contributed by atoms with van der Waals surface area (Å²) in [6.07, 6.45) is 11.8. The molecule has 1 atom stereocenters. The highest BCUT2D eigenvalue weighted by Crippen LogP contribution is 2.40. The van der Waals surface area contributed by atoms with E-state index in [1.165, 1.54) is 60.3 Å². The van der Waals surface area contributed by atoms with Gasteiger partial charge in [-0.15, -0.1) is 0 Å². The number of aliphatic imine (C=N–C) groups is 1. The zero-order chi connectivity index (χ0) is 32.1. The van der Waals surface area contributed by atoms with Crippen LogP contribution in [0.2, 0.25) is 0 Å². The topological polar surface area (TPSA) is 22.2 Å². The van der Waals surface area contributed by atoms with Gasteiger partial charge in [-0.25, -0.2) is 0 Å². The van der Waals surface area contributed by atoms with Crippen molar-refractivity contribution >= 4 is 49.8 Å². The standard InChI is InChI=1S/C45H35N3/c1-45(24-11-4-12-25-45)31-46-30-32-14-13-19-36(26-32)48-41-21-10-9-20-37(41)39-28-40-38-23-22-34(33-15-5-2-6-16-33)27-42(38)47(43(40)29-44(39)48)35-17-7-3-8-18-35/h2-24,26-29,31H,25,30H2,1H3/b46-31+. The van der Waals surface area contributed by atoms with Crippen LogP contribution in [0, 0.1) is 5.41 Å². The second-order valence-corrected chi connectivity index (χ2v) is 13.1. The number of fused-ring (bicyclic) bond motifs is 6. The SMILES string of the molecule is CC1(/C=N/Cc2cccc(-n3c4ccccc4c4cc5c6ccc(-c7ccccc7)cc6n(-c6ccccc6)c5cc43)c2)C=CC=CC1. The van der Waals surface area contributed by atoms with Crippen LogP contribution >= 0.6 is 0 Å². The molecule has 0 fully saturated rings. The van der Waals surface area contributed by atoms with Crippen LogP contribution in [0.3, 0.4) is 0 Å². The highest BCUT2D eigenvalue weighted by atomic mass is 15.0. The van der Waals surface area contributed by atoms with Gasteiger partial charge in [0.15, 0.2) is 0 Å². The molecule has 1 aliphatic carbocycles. The largest absolute Gasteiger partial charge is 0.309 e. The zero-order valence-corrected chi connectivity index (χ0v) is 26.9. The molecule has 6 aromatic carbocycles. The van der Waals surface area contributed by atoms with E-state index in [-0.39, 0.29) is 5.41 Å². The van der Waals surface area contributed by atoms with Crippen molar-refractivity contribution in [3.63, 3.8) is 0 Å². The van der Waals surface area contributed by atoms with Gasteiger partial charge in [-0.3, -0.25) is 4.99 Å². The Hall–Kier alpha value is -5.93. The van der Waals surface area contributed by atoms with E-state index in [1.54, 1.807) is 0 Å². The molecule has 8 aromatic rings. The molecule has 0 spiro atoms. The smallest absolute Gasteiger partial charge is 0.0636 e. The van der Waals surface area contributed by atoms with Gasteiger partial charge < -0.3 is 9.13 Å². The summed E-state index contributed by atoms with van der Waals surface area (Å²) in [5.41, 5.74) is 10.7. The van der Waals surface area contributed by atoms with Crippen LogP contribution in [-0.2, 0) is 6.54 Å². The first-order valence-corrected chi connectivity index (χ1v) is 16.7. The third-order valence-electron chi connectivity index (χ3n) is 9.79. The van der Waals surface area contributed by atoms with E-state index in [0.717, 1.165) is 17.8 Å². The molecule has 0 N–H and O–H groups in total. The predicted octanol–water partition coefficient (Wildman–Crippen LogP) is 11.6. The monoisotopic (exact) mass is 617 g/mol. The molecular formula is C45H35N3. The first-order chi connectivity index (χ1) is 23.7. The van der Waals surface area contributed by atoms with Crippen LogP contribution in [0.5, 0.6) is 0 Å². The van der Waals surface area contributed by atoms with Gasteiger partial charge >= 0.3 is 0 Å². The third-order valence-corrected chi connectivity index (χ3v) is 9.79. The summed E-state index contributed by atoms with van der Waals surface area (Å²) in [5, 5.41) is 5.02. The van der Waals surface area contributed by atoms with Gasteiger partial charge in [0.2, 0.25) is 0 Å². The lowest BCUT2D eigenvalue weighted by Gasteiger charge is -2.20. The maximum Gasteiger partial charge on any atom is 0.0636 e. The van der Waals surface area contributed by atoms with Gasteiger partial charge in [0.05, 0.1) is 28.6 Å². The Morgan fingerprint density at radius 3 is 2.04 bits per heavy atom. The first kappa shape index (κ1) is 28.3. The van der Waals surface area contributed by atoms with Gasteiger partial charge in [0.25, 0.3) is 0 Å². The minimum atomic E-state index is -0.0242. The van der Waals surface area contributed by atoms with E-state index in [2.05, 4.69) is 186 Å². The molecule has 3 heteroatoms. The lowest BCUT2D eigenvalue weighted by Crippen LogP contribution is -2.15. The Morgan fingerprint density at radius 1 is 0.562 bits per heavy atom. The number of allylic oxidation sites excluding steroid dienone is 4. The molecule has 2 heterocycles. The summed E-state index contributed by atoms with van der Waals surface area (Å²) in [4.78, 5) is 4.90. The van der Waals surface area contributed by atoms with Gasteiger partial charge in [-0.2, -0.15) is 0 Å². The average Bonchev–Trinajstić information content (AvgIpc) is 3.63. The van der Waals surface area contributed by atoms with Crippen LogP contribution < -0.4 is 0 Å². The lowest BCUT2D eigenvalue weighted by atomic mass is 9.85. The van der Waals surface area contributed by atoms with Crippen molar-refractivity contribution in [2.45, 2.75) is 19.9 Å². The number of rotatable bonds is 6. The molecule has 0 aliphatic heterocycles. The van der Waals surface area contributed by atoms with E-state index >= 15 is 0 Å². The number of benzene rings is 6. The Kier molecular flexibility index (Phi) is 6.72. The highest BCUT2D eigenvalue weighted by molar-refractivity contribution is 6.19. The fraction of sp³-hybridized carbons (Fsp3) is 0.0889. The van der Waals surface area contributed by atoms with E-state index in [0.29, 0.717) is 6.54 Å². The van der Waals surface area contributed by atoms with Crippen LogP contribution in [0.4, 0.5) is 0 Å². The number of para-hydroxylation sites is 2. The summed E-state index contributed by atoms with van der Waals surface area (Å²) in [7, 11) is 0.